The Morgan fingerprint density at radius 2 is 2.00 bits per heavy atom. The summed E-state index contributed by atoms with van der Waals surface area (Å²) >= 11 is 0. The summed E-state index contributed by atoms with van der Waals surface area (Å²) in [7, 11) is 0. The van der Waals surface area contributed by atoms with Gasteiger partial charge in [0.2, 0.25) is 5.95 Å². The van der Waals surface area contributed by atoms with Crippen LogP contribution in [0.25, 0.3) is 5.69 Å². The zero-order valence-electron chi connectivity index (χ0n) is 7.11. The Kier molecular flexibility index (Phi) is 1.92. The molecule has 0 unspecified atom stereocenters. The largest absolute Gasteiger partial charge is 0.396 e. The fraction of sp³-hybridized carbons (Fsp3) is 0. The van der Waals surface area contributed by atoms with Crippen LogP contribution in [0, 0.1) is 11.8 Å². The smallest absolute Gasteiger partial charge is 0.233 e. The molecule has 0 saturated heterocycles. The Balaban J connectivity index is 2.47. The van der Waals surface area contributed by atoms with Gasteiger partial charge in [-0.1, -0.05) is 0 Å². The summed E-state index contributed by atoms with van der Waals surface area (Å²) in [5, 5.41) is 3.49. The highest BCUT2D eigenvalue weighted by Gasteiger charge is 2.03. The van der Waals surface area contributed by atoms with Gasteiger partial charge in [-0.2, -0.15) is 4.39 Å². The number of aromatic nitrogens is 2. The molecule has 0 aliphatic rings. The molecule has 14 heavy (non-hydrogen) atoms. The summed E-state index contributed by atoms with van der Waals surface area (Å²) in [6.45, 7) is 0. The molecule has 0 spiro atoms. The van der Waals surface area contributed by atoms with Gasteiger partial charge in [0.25, 0.3) is 0 Å². The summed E-state index contributed by atoms with van der Waals surface area (Å²) in [6, 6.07) is 5.35. The number of hydrogen-bond acceptors (Lipinski definition) is 2. The third kappa shape index (κ3) is 1.44. The van der Waals surface area contributed by atoms with Crippen LogP contribution in [0.4, 0.5) is 14.5 Å². The van der Waals surface area contributed by atoms with Gasteiger partial charge in [-0.25, -0.2) is 9.07 Å². The van der Waals surface area contributed by atoms with Gasteiger partial charge in [0.05, 0.1) is 11.4 Å². The van der Waals surface area contributed by atoms with Gasteiger partial charge in [-0.3, -0.25) is 0 Å². The van der Waals surface area contributed by atoms with E-state index in [0.29, 0.717) is 5.69 Å². The van der Waals surface area contributed by atoms with Crippen LogP contribution in [0.15, 0.2) is 30.5 Å². The molecular formula is C9H7F2N3. The molecule has 0 atom stereocenters. The molecule has 1 heterocycles. The van der Waals surface area contributed by atoms with Crippen LogP contribution in [0.3, 0.4) is 0 Å². The number of rotatable bonds is 1. The van der Waals surface area contributed by atoms with E-state index < -0.39 is 11.8 Å². The lowest BCUT2D eigenvalue weighted by Crippen LogP contribution is -1.98. The Hall–Kier alpha value is -1.91. The third-order valence-electron chi connectivity index (χ3n) is 1.81. The maximum Gasteiger partial charge on any atom is 0.233 e. The van der Waals surface area contributed by atoms with Crippen LogP contribution in [-0.4, -0.2) is 9.78 Å². The van der Waals surface area contributed by atoms with E-state index in [1.165, 1.54) is 29.1 Å². The average Bonchev–Trinajstić information content (AvgIpc) is 2.57. The van der Waals surface area contributed by atoms with Crippen molar-refractivity contribution in [2.24, 2.45) is 0 Å². The number of nitrogens with two attached hydrogens (primary N) is 1. The van der Waals surface area contributed by atoms with Crippen molar-refractivity contribution in [1.29, 1.82) is 0 Å². The predicted octanol–water partition coefficient (Wildman–Crippen LogP) is 1.73. The average molecular weight is 195 g/mol. The van der Waals surface area contributed by atoms with Crippen molar-refractivity contribution in [3.05, 3.63) is 42.2 Å². The topological polar surface area (TPSA) is 43.8 Å². The van der Waals surface area contributed by atoms with Crippen molar-refractivity contribution >= 4 is 5.69 Å². The molecule has 1 aromatic carbocycles. The SMILES string of the molecule is Nc1ccc(-n2ccc(F)n2)cc1F. The first-order valence-corrected chi connectivity index (χ1v) is 3.93. The molecule has 0 saturated carbocycles. The number of nitrogen functional groups attached to an aromatic ring is 1. The number of nitrogens with zero attached hydrogens (tertiary/aromatic N) is 2. The minimum absolute atomic E-state index is 0.0568. The van der Waals surface area contributed by atoms with Crippen LogP contribution in [-0.2, 0) is 0 Å². The van der Waals surface area contributed by atoms with Gasteiger partial charge in [0.1, 0.15) is 5.82 Å². The second-order valence-corrected chi connectivity index (χ2v) is 2.79. The van der Waals surface area contributed by atoms with E-state index in [0.717, 1.165) is 0 Å². The van der Waals surface area contributed by atoms with Crippen LogP contribution >= 0.6 is 0 Å². The van der Waals surface area contributed by atoms with Crippen molar-refractivity contribution < 1.29 is 8.78 Å². The maximum absolute atomic E-state index is 13.0. The predicted molar refractivity (Wildman–Crippen MR) is 47.9 cm³/mol. The molecule has 3 nitrogen and oxygen atoms in total. The van der Waals surface area contributed by atoms with Crippen molar-refractivity contribution in [2.45, 2.75) is 0 Å². The molecule has 2 N–H and O–H groups in total. The third-order valence-corrected chi connectivity index (χ3v) is 1.81. The second kappa shape index (κ2) is 3.10. The van der Waals surface area contributed by atoms with Gasteiger partial charge >= 0.3 is 0 Å². The quantitative estimate of drug-likeness (QED) is 0.704. The number of hydrogen-bond donors (Lipinski definition) is 1. The standard InChI is InChI=1S/C9H7F2N3/c10-7-5-6(1-2-8(7)12)14-4-3-9(11)13-14/h1-5H,12H2. The number of halogens is 2. The Morgan fingerprint density at radius 1 is 1.21 bits per heavy atom. The molecule has 0 aliphatic carbocycles. The lowest BCUT2D eigenvalue weighted by Gasteiger charge is -2.02. The summed E-state index contributed by atoms with van der Waals surface area (Å²) in [4.78, 5) is 0. The highest BCUT2D eigenvalue weighted by Crippen LogP contribution is 2.14. The van der Waals surface area contributed by atoms with E-state index in [4.69, 9.17) is 5.73 Å². The van der Waals surface area contributed by atoms with Crippen LogP contribution in [0.5, 0.6) is 0 Å². The lowest BCUT2D eigenvalue weighted by molar-refractivity contribution is 0.565. The molecule has 0 radical (unpaired) electrons. The van der Waals surface area contributed by atoms with Gasteiger partial charge in [0, 0.05) is 18.3 Å². The van der Waals surface area contributed by atoms with Crippen molar-refractivity contribution in [2.75, 3.05) is 5.73 Å². The highest BCUT2D eigenvalue weighted by molar-refractivity contribution is 5.46. The molecule has 72 valence electrons. The zero-order valence-corrected chi connectivity index (χ0v) is 7.11. The minimum Gasteiger partial charge on any atom is -0.396 e. The molecule has 0 amide bonds. The van der Waals surface area contributed by atoms with E-state index in [9.17, 15) is 8.78 Å². The summed E-state index contributed by atoms with van der Waals surface area (Å²) in [5.74, 6) is -1.15. The van der Waals surface area contributed by atoms with Gasteiger partial charge in [0.15, 0.2) is 0 Å². The summed E-state index contributed by atoms with van der Waals surface area (Å²) in [6.07, 6.45) is 1.40. The number of benzene rings is 1. The Morgan fingerprint density at radius 3 is 2.57 bits per heavy atom. The Labute approximate surface area is 78.8 Å². The normalized spacial score (nSPS) is 10.4. The fourth-order valence-electron chi connectivity index (χ4n) is 1.10. The van der Waals surface area contributed by atoms with Crippen LogP contribution in [0.2, 0.25) is 0 Å². The monoisotopic (exact) mass is 195 g/mol. The minimum atomic E-state index is -0.609. The number of anilines is 1. The molecule has 0 aliphatic heterocycles. The molecule has 2 rings (SSSR count). The molecule has 1 aromatic heterocycles. The first-order valence-electron chi connectivity index (χ1n) is 3.93. The fourth-order valence-corrected chi connectivity index (χ4v) is 1.10. The second-order valence-electron chi connectivity index (χ2n) is 2.79. The highest BCUT2D eigenvalue weighted by atomic mass is 19.1. The summed E-state index contributed by atoms with van der Waals surface area (Å²) in [5.41, 5.74) is 5.78. The lowest BCUT2D eigenvalue weighted by atomic mass is 10.3. The van der Waals surface area contributed by atoms with E-state index in [2.05, 4.69) is 5.10 Å². The van der Waals surface area contributed by atoms with Crippen molar-refractivity contribution in [3.8, 4) is 5.69 Å². The summed E-state index contributed by atoms with van der Waals surface area (Å²) < 4.78 is 26.8. The van der Waals surface area contributed by atoms with Crippen molar-refractivity contribution in [1.82, 2.24) is 9.78 Å². The van der Waals surface area contributed by atoms with E-state index in [1.54, 1.807) is 6.07 Å². The maximum atomic E-state index is 13.0. The van der Waals surface area contributed by atoms with Gasteiger partial charge < -0.3 is 5.73 Å². The van der Waals surface area contributed by atoms with Crippen LogP contribution in [0.1, 0.15) is 0 Å². The Bertz CT molecular complexity index is 465. The molecule has 0 bridgehead atoms. The van der Waals surface area contributed by atoms with E-state index in [1.807, 2.05) is 0 Å². The molecule has 0 fully saturated rings. The first kappa shape index (κ1) is 8.68. The molecular weight excluding hydrogens is 188 g/mol. The van der Waals surface area contributed by atoms with Crippen molar-refractivity contribution in [3.63, 3.8) is 0 Å². The molecule has 5 heteroatoms. The molecule has 2 aromatic rings. The van der Waals surface area contributed by atoms with Crippen LogP contribution < -0.4 is 5.73 Å². The zero-order chi connectivity index (χ0) is 10.1. The van der Waals surface area contributed by atoms with Gasteiger partial charge in [-0.15, -0.1) is 5.10 Å². The van der Waals surface area contributed by atoms with Gasteiger partial charge in [-0.05, 0) is 12.1 Å². The van der Waals surface area contributed by atoms with E-state index >= 15 is 0 Å². The van der Waals surface area contributed by atoms with E-state index in [-0.39, 0.29) is 5.69 Å². The first-order chi connectivity index (χ1) is 6.66.